The second-order valence-corrected chi connectivity index (χ2v) is 5.22. The minimum absolute atomic E-state index is 0.150. The molecule has 3 aromatic rings. The van der Waals surface area contributed by atoms with Crippen molar-refractivity contribution in [2.75, 3.05) is 0 Å². The molecule has 0 saturated carbocycles. The van der Waals surface area contributed by atoms with Gasteiger partial charge in [-0.3, -0.25) is 0 Å². The van der Waals surface area contributed by atoms with Gasteiger partial charge in [0.05, 0.1) is 11.0 Å². The van der Waals surface area contributed by atoms with Crippen LogP contribution in [0.5, 0.6) is 5.75 Å². The second-order valence-electron chi connectivity index (χ2n) is 4.81. The quantitative estimate of drug-likeness (QED) is 0.760. The van der Waals surface area contributed by atoms with E-state index in [9.17, 15) is 0 Å². The maximum Gasteiger partial charge on any atom is 0.153 e. The lowest BCUT2D eigenvalue weighted by atomic mass is 10.2. The SMILES string of the molecule is Cc1cc(O[C@@H](C)c2nc3ccccc3[nH]2)ccc1Cl. The van der Waals surface area contributed by atoms with E-state index in [1.807, 2.05) is 56.3 Å². The summed E-state index contributed by atoms with van der Waals surface area (Å²) in [5, 5.41) is 0.744. The molecule has 0 aliphatic carbocycles. The van der Waals surface area contributed by atoms with E-state index in [2.05, 4.69) is 9.97 Å². The molecule has 0 saturated heterocycles. The second kappa shape index (κ2) is 5.17. The molecule has 3 nitrogen and oxygen atoms in total. The fraction of sp³-hybridized carbons (Fsp3) is 0.188. The van der Waals surface area contributed by atoms with Crippen LogP contribution < -0.4 is 4.74 Å². The third-order valence-electron chi connectivity index (χ3n) is 3.24. The van der Waals surface area contributed by atoms with Gasteiger partial charge in [-0.25, -0.2) is 4.98 Å². The molecule has 3 rings (SSSR count). The number of aromatic amines is 1. The number of para-hydroxylation sites is 2. The predicted octanol–water partition coefficient (Wildman–Crippen LogP) is 4.66. The molecule has 0 unspecified atom stereocenters. The van der Waals surface area contributed by atoms with Crippen molar-refractivity contribution in [3.8, 4) is 5.75 Å². The Labute approximate surface area is 122 Å². The van der Waals surface area contributed by atoms with Crippen LogP contribution in [0.25, 0.3) is 11.0 Å². The van der Waals surface area contributed by atoms with E-state index in [0.29, 0.717) is 0 Å². The van der Waals surface area contributed by atoms with Gasteiger partial charge in [-0.15, -0.1) is 0 Å². The van der Waals surface area contributed by atoms with Crippen molar-refractivity contribution in [1.82, 2.24) is 9.97 Å². The highest BCUT2D eigenvalue weighted by molar-refractivity contribution is 6.31. The summed E-state index contributed by atoms with van der Waals surface area (Å²) < 4.78 is 5.91. The van der Waals surface area contributed by atoms with Gasteiger partial charge in [0, 0.05) is 5.02 Å². The molecule has 102 valence electrons. The number of aromatic nitrogens is 2. The molecule has 1 N–H and O–H groups in total. The lowest BCUT2D eigenvalue weighted by Crippen LogP contribution is -2.05. The molecule has 0 spiro atoms. The first-order chi connectivity index (χ1) is 9.63. The molecule has 0 amide bonds. The molecule has 0 radical (unpaired) electrons. The molecule has 0 aliphatic heterocycles. The van der Waals surface area contributed by atoms with Crippen molar-refractivity contribution >= 4 is 22.6 Å². The highest BCUT2D eigenvalue weighted by Gasteiger charge is 2.12. The molecular formula is C16H15ClN2O. The van der Waals surface area contributed by atoms with Crippen molar-refractivity contribution in [3.05, 3.63) is 58.9 Å². The van der Waals surface area contributed by atoms with Crippen LogP contribution in [-0.2, 0) is 0 Å². The van der Waals surface area contributed by atoms with E-state index in [1.54, 1.807) is 0 Å². The van der Waals surface area contributed by atoms with Gasteiger partial charge in [0.15, 0.2) is 6.10 Å². The van der Waals surface area contributed by atoms with Gasteiger partial charge >= 0.3 is 0 Å². The Morgan fingerprint density at radius 2 is 2.00 bits per heavy atom. The topological polar surface area (TPSA) is 37.9 Å². The zero-order valence-electron chi connectivity index (χ0n) is 11.4. The summed E-state index contributed by atoms with van der Waals surface area (Å²) in [6, 6.07) is 13.6. The number of H-pyrrole nitrogens is 1. The Hall–Kier alpha value is -2.00. The molecule has 20 heavy (non-hydrogen) atoms. The number of halogens is 1. The molecule has 1 heterocycles. The Morgan fingerprint density at radius 1 is 1.20 bits per heavy atom. The van der Waals surface area contributed by atoms with E-state index in [1.165, 1.54) is 0 Å². The number of ether oxygens (including phenoxy) is 1. The van der Waals surface area contributed by atoms with E-state index in [-0.39, 0.29) is 6.10 Å². The largest absolute Gasteiger partial charge is 0.483 e. The first kappa shape index (κ1) is 13.0. The lowest BCUT2D eigenvalue weighted by molar-refractivity contribution is 0.218. The predicted molar refractivity (Wildman–Crippen MR) is 81.3 cm³/mol. The summed E-state index contributed by atoms with van der Waals surface area (Å²) in [5.41, 5.74) is 2.97. The Balaban J connectivity index is 1.84. The minimum atomic E-state index is -0.150. The van der Waals surface area contributed by atoms with Crippen LogP contribution in [0.15, 0.2) is 42.5 Å². The average Bonchev–Trinajstić information content (AvgIpc) is 2.87. The van der Waals surface area contributed by atoms with Gasteiger partial charge in [0.1, 0.15) is 11.6 Å². The summed E-state index contributed by atoms with van der Waals surface area (Å²) >= 11 is 6.01. The van der Waals surface area contributed by atoms with Crippen LogP contribution in [0, 0.1) is 6.92 Å². The van der Waals surface area contributed by atoms with Gasteiger partial charge in [-0.2, -0.15) is 0 Å². The van der Waals surface area contributed by atoms with Gasteiger partial charge in [-0.1, -0.05) is 23.7 Å². The van der Waals surface area contributed by atoms with Gasteiger partial charge in [-0.05, 0) is 49.7 Å². The highest BCUT2D eigenvalue weighted by atomic mass is 35.5. The third kappa shape index (κ3) is 2.49. The minimum Gasteiger partial charge on any atom is -0.483 e. The average molecular weight is 287 g/mol. The first-order valence-electron chi connectivity index (χ1n) is 6.51. The van der Waals surface area contributed by atoms with Gasteiger partial charge < -0.3 is 9.72 Å². The normalized spacial score (nSPS) is 12.6. The van der Waals surface area contributed by atoms with Crippen LogP contribution in [0.4, 0.5) is 0 Å². The monoisotopic (exact) mass is 286 g/mol. The van der Waals surface area contributed by atoms with Crippen molar-refractivity contribution in [1.29, 1.82) is 0 Å². The van der Waals surface area contributed by atoms with Crippen LogP contribution in [0.1, 0.15) is 24.4 Å². The zero-order valence-corrected chi connectivity index (χ0v) is 12.1. The number of hydrogen-bond acceptors (Lipinski definition) is 2. The fourth-order valence-corrected chi connectivity index (χ4v) is 2.23. The standard InChI is InChI=1S/C16H15ClN2O/c1-10-9-12(7-8-13(10)17)20-11(2)16-18-14-5-3-4-6-15(14)19-16/h3-9,11H,1-2H3,(H,18,19)/t11-/m0/s1. The number of imidazole rings is 1. The number of fused-ring (bicyclic) bond motifs is 1. The van der Waals surface area contributed by atoms with Gasteiger partial charge in [0.2, 0.25) is 0 Å². The van der Waals surface area contributed by atoms with E-state index < -0.39 is 0 Å². The molecular weight excluding hydrogens is 272 g/mol. The fourth-order valence-electron chi connectivity index (χ4n) is 2.12. The molecule has 1 atom stereocenters. The molecule has 0 bridgehead atoms. The molecule has 0 aliphatic rings. The molecule has 1 aromatic heterocycles. The van der Waals surface area contributed by atoms with E-state index >= 15 is 0 Å². The Morgan fingerprint density at radius 3 is 2.75 bits per heavy atom. The lowest BCUT2D eigenvalue weighted by Gasteiger charge is -2.13. The van der Waals surface area contributed by atoms with Crippen molar-refractivity contribution in [2.24, 2.45) is 0 Å². The Kier molecular flexibility index (Phi) is 3.36. The van der Waals surface area contributed by atoms with Crippen LogP contribution in [0.2, 0.25) is 5.02 Å². The van der Waals surface area contributed by atoms with Crippen molar-refractivity contribution < 1.29 is 4.74 Å². The highest BCUT2D eigenvalue weighted by Crippen LogP contribution is 2.25. The summed E-state index contributed by atoms with van der Waals surface area (Å²) in [5.74, 6) is 1.61. The number of benzene rings is 2. The number of aryl methyl sites for hydroxylation is 1. The molecule has 2 aromatic carbocycles. The van der Waals surface area contributed by atoms with Crippen LogP contribution in [-0.4, -0.2) is 9.97 Å². The van der Waals surface area contributed by atoms with Crippen molar-refractivity contribution in [3.63, 3.8) is 0 Å². The summed E-state index contributed by atoms with van der Waals surface area (Å²) in [6.07, 6.45) is -0.150. The summed E-state index contributed by atoms with van der Waals surface area (Å²) in [6.45, 7) is 3.93. The maximum absolute atomic E-state index is 6.01. The number of nitrogens with one attached hydrogen (secondary N) is 1. The Bertz CT molecular complexity index is 718. The first-order valence-corrected chi connectivity index (χ1v) is 6.89. The third-order valence-corrected chi connectivity index (χ3v) is 3.66. The number of nitrogens with zero attached hydrogens (tertiary/aromatic N) is 1. The molecule has 0 fully saturated rings. The maximum atomic E-state index is 6.01. The van der Waals surface area contributed by atoms with Gasteiger partial charge in [0.25, 0.3) is 0 Å². The zero-order chi connectivity index (χ0) is 14.1. The van der Waals surface area contributed by atoms with Crippen LogP contribution >= 0.6 is 11.6 Å². The van der Waals surface area contributed by atoms with E-state index in [0.717, 1.165) is 33.2 Å². The number of hydrogen-bond donors (Lipinski definition) is 1. The van der Waals surface area contributed by atoms with Crippen molar-refractivity contribution in [2.45, 2.75) is 20.0 Å². The number of rotatable bonds is 3. The smallest absolute Gasteiger partial charge is 0.153 e. The van der Waals surface area contributed by atoms with Crippen LogP contribution in [0.3, 0.4) is 0 Å². The van der Waals surface area contributed by atoms with E-state index in [4.69, 9.17) is 16.3 Å². The summed E-state index contributed by atoms with van der Waals surface area (Å²) in [4.78, 5) is 7.82. The summed E-state index contributed by atoms with van der Waals surface area (Å²) in [7, 11) is 0. The molecule has 4 heteroatoms.